The topological polar surface area (TPSA) is 75.9 Å². The second-order valence-corrected chi connectivity index (χ2v) is 7.01. The molecule has 0 unspecified atom stereocenters. The number of carbonyl (C=O) groups is 1. The summed E-state index contributed by atoms with van der Waals surface area (Å²) in [6.07, 6.45) is 2.03. The summed E-state index contributed by atoms with van der Waals surface area (Å²) in [6.45, 7) is 5.39. The highest BCUT2D eigenvalue weighted by atomic mass is 127. The Bertz CT molecular complexity index is 878. The number of halogens is 2. The number of hydrogen-bond acceptors (Lipinski definition) is 4. The summed E-state index contributed by atoms with van der Waals surface area (Å²) in [5.74, 6) is 1.12. The van der Waals surface area contributed by atoms with Crippen LogP contribution in [0.1, 0.15) is 47.2 Å². The van der Waals surface area contributed by atoms with Crippen molar-refractivity contribution in [3.05, 3.63) is 58.8 Å². The molecule has 6 nitrogen and oxygen atoms in total. The number of carbonyl (C=O) groups excluding carboxylic acids is 1. The second kappa shape index (κ2) is 10.1. The number of nitrogens with zero attached hydrogens (tertiary/aromatic N) is 1. The van der Waals surface area contributed by atoms with Crippen molar-refractivity contribution in [3.8, 4) is 0 Å². The van der Waals surface area contributed by atoms with Crippen LogP contribution >= 0.6 is 24.0 Å². The normalized spacial score (nSPS) is 14.7. The molecule has 158 valence electrons. The Balaban J connectivity index is 0.00000300. The Morgan fingerprint density at radius 2 is 2.07 bits per heavy atom. The third-order valence-corrected chi connectivity index (χ3v) is 5.00. The van der Waals surface area contributed by atoms with Crippen molar-refractivity contribution < 1.29 is 18.3 Å². The Morgan fingerprint density at radius 1 is 1.31 bits per heavy atom. The van der Waals surface area contributed by atoms with Crippen molar-refractivity contribution in [2.24, 2.45) is 4.99 Å². The van der Waals surface area contributed by atoms with Gasteiger partial charge in [0.05, 0.1) is 7.11 Å². The molecule has 0 spiro atoms. The fourth-order valence-corrected chi connectivity index (χ4v) is 3.22. The maximum absolute atomic E-state index is 13.6. The lowest BCUT2D eigenvalue weighted by atomic mass is 9.96. The van der Waals surface area contributed by atoms with Gasteiger partial charge in [-0.1, -0.05) is 12.1 Å². The van der Waals surface area contributed by atoms with Crippen molar-refractivity contribution in [2.45, 2.75) is 38.6 Å². The molecule has 1 aromatic heterocycles. The average molecular weight is 515 g/mol. The first kappa shape index (κ1) is 23.2. The number of ether oxygens (including phenoxy) is 1. The van der Waals surface area contributed by atoms with Crippen LogP contribution in [-0.2, 0) is 16.7 Å². The van der Waals surface area contributed by atoms with E-state index < -0.39 is 5.97 Å². The van der Waals surface area contributed by atoms with Gasteiger partial charge in [-0.15, -0.1) is 24.0 Å². The van der Waals surface area contributed by atoms with E-state index in [9.17, 15) is 9.18 Å². The zero-order valence-electron chi connectivity index (χ0n) is 16.9. The van der Waals surface area contributed by atoms with Crippen molar-refractivity contribution >= 4 is 35.9 Å². The van der Waals surface area contributed by atoms with Gasteiger partial charge in [-0.3, -0.25) is 0 Å². The van der Waals surface area contributed by atoms with Crippen LogP contribution in [0.5, 0.6) is 0 Å². The van der Waals surface area contributed by atoms with Crippen LogP contribution < -0.4 is 10.6 Å². The number of methoxy groups -OCH3 is 1. The summed E-state index contributed by atoms with van der Waals surface area (Å²) in [5, 5.41) is 6.55. The first-order chi connectivity index (χ1) is 13.5. The Kier molecular flexibility index (Phi) is 8.06. The quantitative estimate of drug-likeness (QED) is 0.253. The predicted octanol–water partition coefficient (Wildman–Crippen LogP) is 3.92. The molecule has 1 fully saturated rings. The van der Waals surface area contributed by atoms with Crippen molar-refractivity contribution in [1.29, 1.82) is 0 Å². The number of guanidine groups is 1. The van der Waals surface area contributed by atoms with E-state index in [4.69, 9.17) is 9.15 Å². The van der Waals surface area contributed by atoms with Crippen LogP contribution in [0.2, 0.25) is 0 Å². The van der Waals surface area contributed by atoms with E-state index in [0.717, 1.165) is 18.4 Å². The van der Waals surface area contributed by atoms with Crippen LogP contribution in [0, 0.1) is 12.7 Å². The molecule has 1 aliphatic rings. The standard InChI is InChI=1S/C21H26FN3O3.HI/c1-4-23-20(24-12-17-11-18(14(2)28-17)19(26)27-3)25-13-21(8-9-21)15-6-5-7-16(22)10-15;/h5-7,10-11H,4,8-9,12-13H2,1-3H3,(H2,23,24,25);1H. The lowest BCUT2D eigenvalue weighted by Crippen LogP contribution is -2.41. The SMILES string of the molecule is CCNC(=NCc1cc(C(=O)OC)c(C)o1)NCC1(c2cccc(F)c2)CC1.I. The third-order valence-electron chi connectivity index (χ3n) is 5.00. The number of nitrogens with one attached hydrogen (secondary N) is 2. The van der Waals surface area contributed by atoms with E-state index >= 15 is 0 Å². The second-order valence-electron chi connectivity index (χ2n) is 7.01. The zero-order valence-corrected chi connectivity index (χ0v) is 19.2. The molecule has 1 aliphatic carbocycles. The fourth-order valence-electron chi connectivity index (χ4n) is 3.22. The number of hydrogen-bond donors (Lipinski definition) is 2. The zero-order chi connectivity index (χ0) is 20.1. The maximum Gasteiger partial charge on any atom is 0.341 e. The van der Waals surface area contributed by atoms with Gasteiger partial charge in [0.25, 0.3) is 0 Å². The van der Waals surface area contributed by atoms with Crippen LogP contribution in [0.3, 0.4) is 0 Å². The van der Waals surface area contributed by atoms with Crippen LogP contribution in [-0.4, -0.2) is 32.1 Å². The van der Waals surface area contributed by atoms with E-state index in [0.29, 0.717) is 42.7 Å². The summed E-state index contributed by atoms with van der Waals surface area (Å²) in [6, 6.07) is 8.46. The number of furan rings is 1. The predicted molar refractivity (Wildman–Crippen MR) is 120 cm³/mol. The molecule has 0 saturated heterocycles. The molecule has 0 atom stereocenters. The molecule has 0 amide bonds. The van der Waals surface area contributed by atoms with Crippen LogP contribution in [0.4, 0.5) is 4.39 Å². The van der Waals surface area contributed by atoms with E-state index in [1.807, 2.05) is 13.0 Å². The van der Waals surface area contributed by atoms with E-state index in [1.54, 1.807) is 25.1 Å². The smallest absolute Gasteiger partial charge is 0.341 e. The maximum atomic E-state index is 13.6. The Hall–Kier alpha value is -2.10. The Labute approximate surface area is 187 Å². The van der Waals surface area contributed by atoms with Gasteiger partial charge < -0.3 is 19.8 Å². The van der Waals surface area contributed by atoms with Crippen molar-refractivity contribution in [2.75, 3.05) is 20.2 Å². The summed E-state index contributed by atoms with van der Waals surface area (Å²) in [4.78, 5) is 16.2. The number of esters is 1. The number of rotatable bonds is 7. The molecule has 0 radical (unpaired) electrons. The minimum Gasteiger partial charge on any atom is -0.465 e. The summed E-state index contributed by atoms with van der Waals surface area (Å²) < 4.78 is 23.9. The molecule has 0 bridgehead atoms. The first-order valence-corrected chi connectivity index (χ1v) is 9.43. The fraction of sp³-hybridized carbons (Fsp3) is 0.429. The van der Waals surface area contributed by atoms with Gasteiger partial charge in [-0.25, -0.2) is 14.2 Å². The highest BCUT2D eigenvalue weighted by Crippen LogP contribution is 2.47. The molecule has 0 aliphatic heterocycles. The van der Waals surface area contributed by atoms with E-state index in [-0.39, 0.29) is 35.2 Å². The number of aliphatic imine (C=N–C) groups is 1. The first-order valence-electron chi connectivity index (χ1n) is 9.43. The van der Waals surface area contributed by atoms with Crippen LogP contribution in [0.15, 0.2) is 39.7 Å². The highest BCUT2D eigenvalue weighted by Gasteiger charge is 2.44. The highest BCUT2D eigenvalue weighted by molar-refractivity contribution is 14.0. The minimum absolute atomic E-state index is 0. The summed E-state index contributed by atoms with van der Waals surface area (Å²) >= 11 is 0. The molecule has 8 heteroatoms. The molecular formula is C21H27FIN3O3. The molecule has 3 rings (SSSR count). The molecule has 1 heterocycles. The largest absolute Gasteiger partial charge is 0.465 e. The average Bonchev–Trinajstić information content (AvgIpc) is 3.39. The minimum atomic E-state index is -0.424. The van der Waals surface area contributed by atoms with Gasteiger partial charge in [0.15, 0.2) is 5.96 Å². The van der Waals surface area contributed by atoms with Crippen LogP contribution in [0.25, 0.3) is 0 Å². The van der Waals surface area contributed by atoms with Crippen molar-refractivity contribution in [3.63, 3.8) is 0 Å². The van der Waals surface area contributed by atoms with Crippen molar-refractivity contribution in [1.82, 2.24) is 10.6 Å². The molecule has 2 N–H and O–H groups in total. The van der Waals surface area contributed by atoms with E-state index in [1.165, 1.54) is 13.2 Å². The lowest BCUT2D eigenvalue weighted by molar-refractivity contribution is 0.0599. The molecule has 29 heavy (non-hydrogen) atoms. The lowest BCUT2D eigenvalue weighted by Gasteiger charge is -2.19. The number of benzene rings is 1. The van der Waals surface area contributed by atoms with Gasteiger partial charge >= 0.3 is 5.97 Å². The van der Waals surface area contributed by atoms with Gasteiger partial charge in [-0.2, -0.15) is 0 Å². The Morgan fingerprint density at radius 3 is 2.69 bits per heavy atom. The van der Waals surface area contributed by atoms with Gasteiger partial charge in [0, 0.05) is 18.5 Å². The van der Waals surface area contributed by atoms with Gasteiger partial charge in [-0.05, 0) is 50.5 Å². The molecular weight excluding hydrogens is 488 g/mol. The monoisotopic (exact) mass is 515 g/mol. The van der Waals surface area contributed by atoms with E-state index in [2.05, 4.69) is 15.6 Å². The van der Waals surface area contributed by atoms with Gasteiger partial charge in [0.1, 0.15) is 29.4 Å². The molecule has 2 aromatic rings. The summed E-state index contributed by atoms with van der Waals surface area (Å²) in [5.41, 5.74) is 1.38. The third kappa shape index (κ3) is 5.71. The number of aryl methyl sites for hydroxylation is 1. The molecule has 1 saturated carbocycles. The molecule has 1 aromatic carbocycles. The van der Waals surface area contributed by atoms with Gasteiger partial charge in [0.2, 0.25) is 0 Å². The summed E-state index contributed by atoms with van der Waals surface area (Å²) in [7, 11) is 1.34.